The first kappa shape index (κ1) is 30.1. The number of nitrogens with one attached hydrogen (secondary N) is 1. The van der Waals surface area contributed by atoms with E-state index >= 15 is 0 Å². The molecule has 3 aliphatic heterocycles. The quantitative estimate of drug-likeness (QED) is 0.300. The Morgan fingerprint density at radius 3 is 2.69 bits per heavy atom. The molecular formula is C31H37N3O7S. The maximum absolute atomic E-state index is 13.7. The maximum Gasteiger partial charge on any atom is 0.335 e. The first-order valence-electron chi connectivity index (χ1n) is 14.3. The van der Waals surface area contributed by atoms with E-state index in [-0.39, 0.29) is 45.8 Å². The summed E-state index contributed by atoms with van der Waals surface area (Å²) in [5.41, 5.74) is 1.55. The highest BCUT2D eigenvalue weighted by molar-refractivity contribution is 8.00. The first-order chi connectivity index (χ1) is 20.0. The Kier molecular flexibility index (Phi) is 8.63. The number of carboxylic acids is 2. The number of aliphatic carboxylic acids is 1. The van der Waals surface area contributed by atoms with Crippen LogP contribution in [-0.2, 0) is 14.4 Å². The predicted octanol–water partition coefficient (Wildman–Crippen LogP) is 2.87. The van der Waals surface area contributed by atoms with Crippen LogP contribution in [0.25, 0.3) is 0 Å². The molecule has 42 heavy (non-hydrogen) atoms. The Balaban J connectivity index is 1.36. The highest BCUT2D eigenvalue weighted by atomic mass is 32.2. The SMILES string of the molecule is C=CC1=CC=CCC1CN1CC(SC2C(C)C3C(C(C)O)C(=O)N3C2C(=O)O)CC1C(=O)Nc1cccc(C(=O)O)c1. The molecule has 9 unspecified atom stereocenters. The summed E-state index contributed by atoms with van der Waals surface area (Å²) >= 11 is 1.52. The van der Waals surface area contributed by atoms with Crippen molar-refractivity contribution in [2.75, 3.05) is 18.4 Å². The van der Waals surface area contributed by atoms with E-state index in [9.17, 15) is 34.5 Å². The molecule has 3 saturated heterocycles. The van der Waals surface area contributed by atoms with Crippen LogP contribution in [-0.4, -0.2) is 96.7 Å². The van der Waals surface area contributed by atoms with Gasteiger partial charge in [0.2, 0.25) is 11.8 Å². The number of nitrogens with zero attached hydrogens (tertiary/aromatic N) is 2. The monoisotopic (exact) mass is 595 g/mol. The summed E-state index contributed by atoms with van der Waals surface area (Å²) in [6.07, 6.45) is 8.36. The molecule has 4 N–H and O–H groups in total. The van der Waals surface area contributed by atoms with Crippen LogP contribution in [0.3, 0.4) is 0 Å². The van der Waals surface area contributed by atoms with E-state index in [0.717, 1.165) is 12.0 Å². The minimum atomic E-state index is -1.08. The number of aliphatic hydroxyl groups excluding tert-OH is 1. The molecule has 0 aromatic heterocycles. The number of allylic oxidation sites excluding steroid dienone is 4. The second kappa shape index (κ2) is 12.1. The van der Waals surface area contributed by atoms with E-state index in [1.54, 1.807) is 19.1 Å². The zero-order chi connectivity index (χ0) is 30.3. The molecule has 11 heteroatoms. The third-order valence-corrected chi connectivity index (χ3v) is 10.8. The molecule has 0 radical (unpaired) electrons. The van der Waals surface area contributed by atoms with E-state index in [0.29, 0.717) is 25.2 Å². The predicted molar refractivity (Wildman–Crippen MR) is 159 cm³/mol. The molecule has 1 aromatic carbocycles. The van der Waals surface area contributed by atoms with Crippen LogP contribution in [0.5, 0.6) is 0 Å². The highest BCUT2D eigenvalue weighted by Gasteiger charge is 2.65. The number of aromatic carboxylic acids is 1. The lowest BCUT2D eigenvalue weighted by molar-refractivity contribution is -0.170. The lowest BCUT2D eigenvalue weighted by atomic mass is 9.79. The minimum Gasteiger partial charge on any atom is -0.480 e. The lowest BCUT2D eigenvalue weighted by Crippen LogP contribution is -2.65. The van der Waals surface area contributed by atoms with Gasteiger partial charge in [-0.1, -0.05) is 43.9 Å². The van der Waals surface area contributed by atoms with Crippen molar-refractivity contribution in [3.05, 3.63) is 66.3 Å². The van der Waals surface area contributed by atoms with Crippen molar-refractivity contribution in [3.63, 3.8) is 0 Å². The Morgan fingerprint density at radius 1 is 1.26 bits per heavy atom. The molecule has 3 heterocycles. The van der Waals surface area contributed by atoms with Gasteiger partial charge < -0.3 is 25.5 Å². The number of amides is 2. The van der Waals surface area contributed by atoms with E-state index < -0.39 is 36.0 Å². The van der Waals surface area contributed by atoms with Crippen molar-refractivity contribution in [2.45, 2.75) is 61.4 Å². The van der Waals surface area contributed by atoms with Gasteiger partial charge in [-0.05, 0) is 49.5 Å². The number of β-lactam (4-membered cyclic amide) rings is 1. The molecule has 10 nitrogen and oxygen atoms in total. The Bertz CT molecular complexity index is 1340. The van der Waals surface area contributed by atoms with E-state index in [1.165, 1.54) is 28.8 Å². The van der Waals surface area contributed by atoms with Crippen LogP contribution in [0.2, 0.25) is 0 Å². The largest absolute Gasteiger partial charge is 0.480 e. The molecule has 0 spiro atoms. The summed E-state index contributed by atoms with van der Waals surface area (Å²) < 4.78 is 0. The molecule has 2 amide bonds. The van der Waals surface area contributed by atoms with Gasteiger partial charge in [0.1, 0.15) is 6.04 Å². The fourth-order valence-electron chi connectivity index (χ4n) is 7.05. The summed E-state index contributed by atoms with van der Waals surface area (Å²) in [7, 11) is 0. The normalized spacial score (nSPS) is 33.0. The lowest BCUT2D eigenvalue weighted by Gasteiger charge is -2.47. The van der Waals surface area contributed by atoms with Gasteiger partial charge in [-0.25, -0.2) is 9.59 Å². The number of likely N-dealkylation sites (tertiary alicyclic amines) is 1. The van der Waals surface area contributed by atoms with Crippen molar-refractivity contribution in [3.8, 4) is 0 Å². The van der Waals surface area contributed by atoms with Gasteiger partial charge in [0.25, 0.3) is 0 Å². The van der Waals surface area contributed by atoms with E-state index in [2.05, 4.69) is 22.9 Å². The van der Waals surface area contributed by atoms with Crippen molar-refractivity contribution < 1.29 is 34.5 Å². The Hall–Kier alpha value is -3.41. The second-order valence-electron chi connectivity index (χ2n) is 11.7. The molecule has 224 valence electrons. The van der Waals surface area contributed by atoms with E-state index in [4.69, 9.17) is 0 Å². The summed E-state index contributed by atoms with van der Waals surface area (Å²) in [6, 6.07) is 4.28. The fraction of sp³-hybridized carbons (Fsp3) is 0.484. The Labute approximate surface area is 249 Å². The Morgan fingerprint density at radius 2 is 2.02 bits per heavy atom. The molecule has 3 fully saturated rings. The number of fused-ring (bicyclic) bond motifs is 1. The zero-order valence-electron chi connectivity index (χ0n) is 23.6. The number of anilines is 1. The average Bonchev–Trinajstić information content (AvgIpc) is 3.45. The zero-order valence-corrected chi connectivity index (χ0v) is 24.4. The number of carbonyl (C=O) groups excluding carboxylic acids is 2. The molecule has 0 bridgehead atoms. The number of carbonyl (C=O) groups is 4. The summed E-state index contributed by atoms with van der Waals surface area (Å²) in [6.45, 7) is 8.62. The van der Waals surface area contributed by atoms with E-state index in [1.807, 2.05) is 25.2 Å². The summed E-state index contributed by atoms with van der Waals surface area (Å²) in [4.78, 5) is 53.9. The van der Waals surface area contributed by atoms with Gasteiger partial charge >= 0.3 is 11.9 Å². The second-order valence-corrected chi connectivity index (χ2v) is 13.2. The molecule has 9 atom stereocenters. The maximum atomic E-state index is 13.7. The van der Waals surface area contributed by atoms with Gasteiger partial charge in [0.05, 0.1) is 29.7 Å². The van der Waals surface area contributed by atoms with Crippen molar-refractivity contribution in [1.29, 1.82) is 0 Å². The number of benzene rings is 1. The smallest absolute Gasteiger partial charge is 0.335 e. The van der Waals surface area contributed by atoms with Crippen molar-refractivity contribution >= 4 is 41.2 Å². The third-order valence-electron chi connectivity index (χ3n) is 9.07. The van der Waals surface area contributed by atoms with Crippen LogP contribution in [0.4, 0.5) is 5.69 Å². The highest BCUT2D eigenvalue weighted by Crippen LogP contribution is 2.50. The number of hydrogen-bond donors (Lipinski definition) is 4. The van der Waals surface area contributed by atoms with Gasteiger partial charge in [0, 0.05) is 35.2 Å². The van der Waals surface area contributed by atoms with Gasteiger partial charge in [-0.3, -0.25) is 14.5 Å². The van der Waals surface area contributed by atoms with Crippen molar-refractivity contribution in [2.24, 2.45) is 17.8 Å². The van der Waals surface area contributed by atoms with Crippen molar-refractivity contribution in [1.82, 2.24) is 9.80 Å². The molecular weight excluding hydrogens is 558 g/mol. The first-order valence-corrected chi connectivity index (χ1v) is 15.2. The van der Waals surface area contributed by atoms with Crippen LogP contribution in [0.1, 0.15) is 37.0 Å². The number of aliphatic hydroxyl groups is 1. The third kappa shape index (κ3) is 5.52. The minimum absolute atomic E-state index is 0.0730. The number of carboxylic acid groups (broad SMARTS) is 2. The average molecular weight is 596 g/mol. The van der Waals surface area contributed by atoms with Gasteiger partial charge in [-0.15, -0.1) is 0 Å². The van der Waals surface area contributed by atoms with Crippen LogP contribution in [0.15, 0.2) is 60.7 Å². The fourth-order valence-corrected chi connectivity index (χ4v) is 8.87. The number of hydrogen-bond acceptors (Lipinski definition) is 7. The summed E-state index contributed by atoms with van der Waals surface area (Å²) in [5, 5.41) is 32.1. The summed E-state index contributed by atoms with van der Waals surface area (Å²) in [5.74, 6) is -3.32. The number of thioether (sulfide) groups is 1. The van der Waals surface area contributed by atoms with Crippen LogP contribution >= 0.6 is 11.8 Å². The van der Waals surface area contributed by atoms with Gasteiger partial charge in [-0.2, -0.15) is 11.8 Å². The molecule has 4 aliphatic rings. The van der Waals surface area contributed by atoms with Crippen LogP contribution in [0, 0.1) is 17.8 Å². The molecule has 1 aromatic rings. The van der Waals surface area contributed by atoms with Crippen LogP contribution < -0.4 is 5.32 Å². The molecule has 1 aliphatic carbocycles. The standard InChI is InChI=1S/C31H37N3O7S/c1-4-18-8-5-6-9-20(18)14-33-15-22(13-23(33)28(36)32-21-11-7-10-19(12-21)30(38)39)42-27-16(2)25-24(17(3)35)29(37)34(25)26(27)31(40)41/h4-8,10-12,16-17,20,22-27,35H,1,9,13-15H2,2-3H3,(H,32,36)(H,38,39)(H,40,41). The molecule has 0 saturated carbocycles. The molecule has 5 rings (SSSR count). The number of rotatable bonds is 10. The topological polar surface area (TPSA) is 147 Å². The van der Waals surface area contributed by atoms with Gasteiger partial charge in [0.15, 0.2) is 0 Å².